The zero-order chi connectivity index (χ0) is 25.2. The molecule has 2 atom stereocenters. The lowest BCUT2D eigenvalue weighted by Gasteiger charge is -2.26. The fourth-order valence-electron chi connectivity index (χ4n) is 4.32. The summed E-state index contributed by atoms with van der Waals surface area (Å²) in [6.07, 6.45) is 1.84. The Balaban J connectivity index is 1.52. The van der Waals surface area contributed by atoms with E-state index >= 15 is 0 Å². The van der Waals surface area contributed by atoms with Gasteiger partial charge in [0.2, 0.25) is 0 Å². The summed E-state index contributed by atoms with van der Waals surface area (Å²) in [4.78, 5) is 17.8. The lowest BCUT2D eigenvalue weighted by molar-refractivity contribution is 0.0697. The van der Waals surface area contributed by atoms with E-state index < -0.39 is 5.97 Å². The molecule has 0 amide bonds. The SMILES string of the molecule is CC(C)Oc1ccc(N2C(=S)N[C@@H](c3ccccn3)[C@H]2c2ccc(-c3ccc(C(=O)O)cc3)o2)cc1. The molecule has 1 aliphatic rings. The molecule has 0 aliphatic carbocycles. The summed E-state index contributed by atoms with van der Waals surface area (Å²) in [5.74, 6) is 1.17. The van der Waals surface area contributed by atoms with Crippen LogP contribution in [0.25, 0.3) is 11.3 Å². The predicted molar refractivity (Wildman–Crippen MR) is 141 cm³/mol. The van der Waals surface area contributed by atoms with Crippen LogP contribution in [0.1, 0.15) is 47.7 Å². The molecule has 4 aromatic rings. The van der Waals surface area contributed by atoms with Gasteiger partial charge in [0, 0.05) is 17.4 Å². The van der Waals surface area contributed by atoms with Crippen molar-refractivity contribution in [3.63, 3.8) is 0 Å². The number of nitrogens with zero attached hydrogens (tertiary/aromatic N) is 2. The molecule has 182 valence electrons. The highest BCUT2D eigenvalue weighted by molar-refractivity contribution is 7.80. The minimum absolute atomic E-state index is 0.0813. The molecule has 0 radical (unpaired) electrons. The Hall–Kier alpha value is -4.17. The Morgan fingerprint density at radius 1 is 1.06 bits per heavy atom. The second-order valence-electron chi connectivity index (χ2n) is 8.74. The fraction of sp³-hybridized carbons (Fsp3) is 0.179. The smallest absolute Gasteiger partial charge is 0.335 e. The maximum absolute atomic E-state index is 11.2. The van der Waals surface area contributed by atoms with E-state index in [9.17, 15) is 9.90 Å². The summed E-state index contributed by atoms with van der Waals surface area (Å²) in [6, 6.07) is 23.5. The van der Waals surface area contributed by atoms with Gasteiger partial charge in [0.05, 0.1) is 23.4 Å². The highest BCUT2D eigenvalue weighted by Gasteiger charge is 2.42. The van der Waals surface area contributed by atoms with Crippen LogP contribution in [0.15, 0.2) is 89.5 Å². The molecule has 0 saturated carbocycles. The number of anilines is 1. The minimum atomic E-state index is -0.967. The molecular formula is C28H25N3O4S. The van der Waals surface area contributed by atoms with E-state index in [1.807, 2.05) is 73.3 Å². The number of hydrogen-bond acceptors (Lipinski definition) is 5. The van der Waals surface area contributed by atoms with E-state index in [0.717, 1.165) is 22.7 Å². The summed E-state index contributed by atoms with van der Waals surface area (Å²) < 4.78 is 12.1. The molecule has 0 spiro atoms. The Morgan fingerprint density at radius 3 is 2.44 bits per heavy atom. The van der Waals surface area contributed by atoms with E-state index in [0.29, 0.717) is 16.6 Å². The first-order chi connectivity index (χ1) is 17.4. The third kappa shape index (κ3) is 4.67. The van der Waals surface area contributed by atoms with Crippen molar-refractivity contribution in [2.24, 2.45) is 0 Å². The molecule has 1 fully saturated rings. The van der Waals surface area contributed by atoms with Gasteiger partial charge in [-0.3, -0.25) is 4.98 Å². The molecule has 7 nitrogen and oxygen atoms in total. The lowest BCUT2D eigenvalue weighted by atomic mass is 10.0. The average Bonchev–Trinajstić information content (AvgIpc) is 3.49. The number of carbonyl (C=O) groups is 1. The van der Waals surface area contributed by atoms with E-state index in [1.165, 1.54) is 0 Å². The Morgan fingerprint density at radius 2 is 1.81 bits per heavy atom. The van der Waals surface area contributed by atoms with Crippen LogP contribution in [-0.4, -0.2) is 27.3 Å². The monoisotopic (exact) mass is 499 g/mol. The number of nitrogens with one attached hydrogen (secondary N) is 1. The van der Waals surface area contributed by atoms with Crippen LogP contribution in [0.4, 0.5) is 5.69 Å². The second kappa shape index (κ2) is 9.83. The Kier molecular flexibility index (Phi) is 6.43. The summed E-state index contributed by atoms with van der Waals surface area (Å²) in [7, 11) is 0. The molecule has 36 heavy (non-hydrogen) atoms. The fourth-order valence-corrected chi connectivity index (χ4v) is 4.67. The molecular weight excluding hydrogens is 474 g/mol. The van der Waals surface area contributed by atoms with E-state index in [2.05, 4.69) is 10.3 Å². The van der Waals surface area contributed by atoms with Gasteiger partial charge in [-0.15, -0.1) is 0 Å². The van der Waals surface area contributed by atoms with Crippen molar-refractivity contribution >= 4 is 29.0 Å². The van der Waals surface area contributed by atoms with Gasteiger partial charge in [0.25, 0.3) is 0 Å². The molecule has 8 heteroatoms. The number of pyridine rings is 1. The number of rotatable bonds is 7. The van der Waals surface area contributed by atoms with Crippen molar-refractivity contribution in [1.82, 2.24) is 10.3 Å². The summed E-state index contributed by atoms with van der Waals surface area (Å²) in [5.41, 5.74) is 2.75. The first-order valence-electron chi connectivity index (χ1n) is 11.6. The number of furan rings is 1. The maximum atomic E-state index is 11.2. The molecule has 2 aromatic heterocycles. The van der Waals surface area contributed by atoms with Gasteiger partial charge in [-0.2, -0.15) is 0 Å². The van der Waals surface area contributed by atoms with Gasteiger partial charge in [-0.1, -0.05) is 18.2 Å². The number of benzene rings is 2. The van der Waals surface area contributed by atoms with Crippen LogP contribution in [0.3, 0.4) is 0 Å². The van der Waals surface area contributed by atoms with Crippen molar-refractivity contribution in [2.75, 3.05) is 4.90 Å². The molecule has 3 heterocycles. The molecule has 2 N–H and O–H groups in total. The number of hydrogen-bond donors (Lipinski definition) is 2. The van der Waals surface area contributed by atoms with Gasteiger partial charge >= 0.3 is 5.97 Å². The molecule has 1 aliphatic heterocycles. The minimum Gasteiger partial charge on any atom is -0.491 e. The number of carboxylic acid groups (broad SMARTS) is 1. The Bertz CT molecular complexity index is 1370. The molecule has 0 unspecified atom stereocenters. The van der Waals surface area contributed by atoms with Crippen molar-refractivity contribution in [3.05, 3.63) is 102 Å². The molecule has 5 rings (SSSR count). The summed E-state index contributed by atoms with van der Waals surface area (Å²) in [6.45, 7) is 3.98. The maximum Gasteiger partial charge on any atom is 0.335 e. The lowest BCUT2D eigenvalue weighted by Crippen LogP contribution is -2.29. The number of aromatic carboxylic acids is 1. The van der Waals surface area contributed by atoms with Gasteiger partial charge in [0.1, 0.15) is 23.3 Å². The van der Waals surface area contributed by atoms with Crippen LogP contribution in [0.5, 0.6) is 5.75 Å². The largest absolute Gasteiger partial charge is 0.491 e. The third-order valence-corrected chi connectivity index (χ3v) is 6.23. The van der Waals surface area contributed by atoms with Crippen LogP contribution in [0.2, 0.25) is 0 Å². The number of ether oxygens (including phenoxy) is 1. The first-order valence-corrected chi connectivity index (χ1v) is 12.0. The molecule has 0 bridgehead atoms. The van der Waals surface area contributed by atoms with Crippen LogP contribution < -0.4 is 15.0 Å². The molecule has 1 saturated heterocycles. The normalized spacial score (nSPS) is 17.3. The number of aromatic nitrogens is 1. The van der Waals surface area contributed by atoms with Gasteiger partial charge in [-0.25, -0.2) is 4.79 Å². The highest BCUT2D eigenvalue weighted by atomic mass is 32.1. The van der Waals surface area contributed by atoms with Crippen LogP contribution in [0, 0.1) is 0 Å². The number of carboxylic acids is 1. The van der Waals surface area contributed by atoms with Gasteiger partial charge < -0.3 is 24.5 Å². The topological polar surface area (TPSA) is 87.8 Å². The molecule has 2 aromatic carbocycles. The van der Waals surface area contributed by atoms with Crippen LogP contribution in [-0.2, 0) is 0 Å². The zero-order valence-electron chi connectivity index (χ0n) is 19.8. The van der Waals surface area contributed by atoms with Crippen molar-refractivity contribution in [3.8, 4) is 17.1 Å². The third-order valence-electron chi connectivity index (χ3n) is 5.92. The highest BCUT2D eigenvalue weighted by Crippen LogP contribution is 2.43. The second-order valence-corrected chi connectivity index (χ2v) is 9.13. The quantitative estimate of drug-likeness (QED) is 0.299. The van der Waals surface area contributed by atoms with Crippen molar-refractivity contribution in [1.29, 1.82) is 0 Å². The number of thiocarbonyl (C=S) groups is 1. The van der Waals surface area contributed by atoms with Crippen LogP contribution >= 0.6 is 12.2 Å². The van der Waals surface area contributed by atoms with Gasteiger partial charge in [0.15, 0.2) is 5.11 Å². The summed E-state index contributed by atoms with van der Waals surface area (Å²) in [5, 5.41) is 13.2. The summed E-state index contributed by atoms with van der Waals surface area (Å²) >= 11 is 5.78. The Labute approximate surface area is 214 Å². The zero-order valence-corrected chi connectivity index (χ0v) is 20.6. The van der Waals surface area contributed by atoms with E-state index in [1.54, 1.807) is 30.5 Å². The first kappa shape index (κ1) is 23.6. The average molecular weight is 500 g/mol. The van der Waals surface area contributed by atoms with Crippen molar-refractivity contribution in [2.45, 2.75) is 32.0 Å². The van der Waals surface area contributed by atoms with E-state index in [4.69, 9.17) is 21.4 Å². The standard InChI is InChI=1S/C28H25N3O4S/c1-17(2)34-21-12-10-20(11-13-21)31-26(25(30-28(31)36)22-5-3-4-16-29-22)24-15-14-23(35-24)18-6-8-19(9-7-18)27(32)33/h3-17,25-26H,1-2H3,(H,30,36)(H,32,33)/t25-,26+/m0/s1. The van der Waals surface area contributed by atoms with E-state index in [-0.39, 0.29) is 23.8 Å². The van der Waals surface area contributed by atoms with Crippen molar-refractivity contribution < 1.29 is 19.1 Å². The van der Waals surface area contributed by atoms with Gasteiger partial charge in [-0.05, 0) is 86.7 Å². The predicted octanol–water partition coefficient (Wildman–Crippen LogP) is 6.00.